The Balaban J connectivity index is 0.00000259. The molecule has 1 aliphatic heterocycles. The molecule has 1 aromatic heterocycles. The second kappa shape index (κ2) is 9.82. The van der Waals surface area contributed by atoms with Gasteiger partial charge in [-0.25, -0.2) is 8.78 Å². The molecule has 0 fully saturated rings. The van der Waals surface area contributed by atoms with Gasteiger partial charge in [0.2, 0.25) is 0 Å². The molecule has 0 saturated heterocycles. The van der Waals surface area contributed by atoms with E-state index in [9.17, 15) is 13.9 Å². The van der Waals surface area contributed by atoms with Crippen molar-refractivity contribution in [2.24, 2.45) is 0 Å². The molecule has 0 radical (unpaired) electrons. The van der Waals surface area contributed by atoms with Crippen LogP contribution in [0.3, 0.4) is 0 Å². The average Bonchev–Trinajstić information content (AvgIpc) is 3.31. The van der Waals surface area contributed by atoms with Crippen molar-refractivity contribution in [3.63, 3.8) is 0 Å². The zero-order valence-corrected chi connectivity index (χ0v) is 19.4. The van der Waals surface area contributed by atoms with E-state index in [1.54, 1.807) is 24.3 Å². The minimum absolute atomic E-state index is 0. The van der Waals surface area contributed by atoms with Gasteiger partial charge < -0.3 is 9.67 Å². The highest BCUT2D eigenvalue weighted by Crippen LogP contribution is 2.39. The Kier molecular flexibility index (Phi) is 7.05. The van der Waals surface area contributed by atoms with Gasteiger partial charge in [-0.3, -0.25) is 4.90 Å². The summed E-state index contributed by atoms with van der Waals surface area (Å²) >= 11 is 6.59. The van der Waals surface area contributed by atoms with Gasteiger partial charge in [0.15, 0.2) is 0 Å². The number of benzene rings is 3. The number of aromatic nitrogens is 1. The Morgan fingerprint density at radius 3 is 2.27 bits per heavy atom. The summed E-state index contributed by atoms with van der Waals surface area (Å²) in [5, 5.41) is 12.2. The lowest BCUT2D eigenvalue weighted by Crippen LogP contribution is -2.19. The van der Waals surface area contributed by atoms with Crippen LogP contribution in [0.4, 0.5) is 8.78 Å². The van der Waals surface area contributed by atoms with Gasteiger partial charge in [0.1, 0.15) is 11.6 Å². The fourth-order valence-electron chi connectivity index (χ4n) is 4.65. The highest BCUT2D eigenvalue weighted by atomic mass is 35.5. The topological polar surface area (TPSA) is 28.4 Å². The number of hydrogen-bond acceptors (Lipinski definition) is 2. The summed E-state index contributed by atoms with van der Waals surface area (Å²) in [4.78, 5) is 2.34. The summed E-state index contributed by atoms with van der Waals surface area (Å²) < 4.78 is 28.8. The van der Waals surface area contributed by atoms with E-state index in [0.717, 1.165) is 48.2 Å². The van der Waals surface area contributed by atoms with Gasteiger partial charge >= 0.3 is 0 Å². The molecule has 1 N–H and O–H groups in total. The first kappa shape index (κ1) is 23.7. The number of aliphatic hydroxyl groups excluding tert-OH is 1. The van der Waals surface area contributed by atoms with Crippen molar-refractivity contribution in [3.05, 3.63) is 100 Å². The largest absolute Gasteiger partial charge is 0.388 e. The molecule has 33 heavy (non-hydrogen) atoms. The lowest BCUT2D eigenvalue weighted by Gasteiger charge is -2.18. The molecule has 1 atom stereocenters. The van der Waals surface area contributed by atoms with Crippen LogP contribution in [0.15, 0.2) is 66.7 Å². The average molecular weight is 489 g/mol. The van der Waals surface area contributed by atoms with Gasteiger partial charge in [0, 0.05) is 29.9 Å². The van der Waals surface area contributed by atoms with Crippen LogP contribution in [0.1, 0.15) is 35.8 Å². The summed E-state index contributed by atoms with van der Waals surface area (Å²) in [5.41, 5.74) is 5.04. The first-order valence-electron chi connectivity index (χ1n) is 10.7. The molecule has 1 aliphatic rings. The van der Waals surface area contributed by atoms with Gasteiger partial charge in [-0.05, 0) is 79.0 Å². The molecule has 0 saturated carbocycles. The summed E-state index contributed by atoms with van der Waals surface area (Å²) in [6.45, 7) is 2.35. The third-order valence-electron chi connectivity index (χ3n) is 6.20. The van der Waals surface area contributed by atoms with Gasteiger partial charge in [-0.15, -0.1) is 12.4 Å². The van der Waals surface area contributed by atoms with Crippen molar-refractivity contribution < 1.29 is 13.9 Å². The van der Waals surface area contributed by atoms with Crippen molar-refractivity contribution >= 4 is 34.9 Å². The molecule has 172 valence electrons. The number of rotatable bonds is 6. The Morgan fingerprint density at radius 1 is 0.909 bits per heavy atom. The first-order chi connectivity index (χ1) is 15.5. The number of fused-ring (bicyclic) bond motifs is 3. The van der Waals surface area contributed by atoms with Crippen LogP contribution >= 0.6 is 24.0 Å². The van der Waals surface area contributed by atoms with E-state index in [0.29, 0.717) is 11.4 Å². The zero-order valence-electron chi connectivity index (χ0n) is 17.8. The minimum atomic E-state index is -0.608. The molecule has 0 spiro atoms. The second-order valence-electron chi connectivity index (χ2n) is 8.29. The molecule has 3 aromatic carbocycles. The minimum Gasteiger partial charge on any atom is -0.388 e. The third-order valence-corrected chi connectivity index (χ3v) is 6.51. The predicted molar refractivity (Wildman–Crippen MR) is 130 cm³/mol. The maximum Gasteiger partial charge on any atom is 0.123 e. The van der Waals surface area contributed by atoms with E-state index >= 15 is 0 Å². The Bertz CT molecular complexity index is 1260. The SMILES string of the molecule is Cl.OC(CCCN1Cc2c(n(-c3ccc(F)cc3)c3cccc(Cl)c23)C1)c1ccc(F)cc1. The molecular weight excluding hydrogens is 465 g/mol. The smallest absolute Gasteiger partial charge is 0.123 e. The van der Waals surface area contributed by atoms with E-state index in [-0.39, 0.29) is 24.0 Å². The maximum absolute atomic E-state index is 13.5. The number of aliphatic hydroxyl groups is 1. The van der Waals surface area contributed by atoms with E-state index in [1.807, 2.05) is 18.2 Å². The fourth-order valence-corrected chi connectivity index (χ4v) is 4.94. The Labute approximate surface area is 202 Å². The van der Waals surface area contributed by atoms with E-state index in [2.05, 4.69) is 9.47 Å². The highest BCUT2D eigenvalue weighted by molar-refractivity contribution is 6.35. The number of hydrogen-bond donors (Lipinski definition) is 1. The van der Waals surface area contributed by atoms with Crippen LogP contribution in [0.25, 0.3) is 16.6 Å². The van der Waals surface area contributed by atoms with Gasteiger partial charge in [0.25, 0.3) is 0 Å². The quantitative estimate of drug-likeness (QED) is 0.322. The molecule has 7 heteroatoms. The molecule has 5 rings (SSSR count). The van der Waals surface area contributed by atoms with Crippen LogP contribution < -0.4 is 0 Å². The van der Waals surface area contributed by atoms with Crippen molar-refractivity contribution in [1.82, 2.24) is 9.47 Å². The zero-order chi connectivity index (χ0) is 22.2. The maximum atomic E-state index is 13.5. The molecular formula is C26H24Cl2F2N2O. The van der Waals surface area contributed by atoms with Crippen LogP contribution in [0.2, 0.25) is 5.02 Å². The van der Waals surface area contributed by atoms with Crippen LogP contribution in [0.5, 0.6) is 0 Å². The lowest BCUT2D eigenvalue weighted by atomic mass is 10.0. The van der Waals surface area contributed by atoms with E-state index in [4.69, 9.17) is 11.6 Å². The third kappa shape index (κ3) is 4.64. The van der Waals surface area contributed by atoms with E-state index < -0.39 is 6.10 Å². The highest BCUT2D eigenvalue weighted by Gasteiger charge is 2.28. The molecule has 1 unspecified atom stereocenters. The molecule has 0 amide bonds. The van der Waals surface area contributed by atoms with Gasteiger partial charge in [-0.2, -0.15) is 0 Å². The predicted octanol–water partition coefficient (Wildman–Crippen LogP) is 6.81. The first-order valence-corrected chi connectivity index (χ1v) is 11.1. The van der Waals surface area contributed by atoms with Gasteiger partial charge in [-0.1, -0.05) is 29.8 Å². The Hall–Kier alpha value is -2.44. The van der Waals surface area contributed by atoms with E-state index in [1.165, 1.54) is 35.5 Å². The number of halogens is 4. The molecule has 3 nitrogen and oxygen atoms in total. The summed E-state index contributed by atoms with van der Waals surface area (Å²) in [5.74, 6) is -0.565. The fraction of sp³-hybridized carbons (Fsp3) is 0.231. The summed E-state index contributed by atoms with van der Waals surface area (Å²) in [6, 6.07) is 18.4. The van der Waals surface area contributed by atoms with Crippen molar-refractivity contribution in [2.75, 3.05) is 6.54 Å². The van der Waals surface area contributed by atoms with Crippen molar-refractivity contribution in [2.45, 2.75) is 32.0 Å². The van der Waals surface area contributed by atoms with Crippen LogP contribution in [-0.2, 0) is 13.1 Å². The van der Waals surface area contributed by atoms with Crippen molar-refractivity contribution in [3.8, 4) is 5.69 Å². The summed E-state index contributed by atoms with van der Waals surface area (Å²) in [6.07, 6.45) is 0.806. The Morgan fingerprint density at radius 2 is 1.58 bits per heavy atom. The van der Waals surface area contributed by atoms with Crippen molar-refractivity contribution in [1.29, 1.82) is 0 Å². The monoisotopic (exact) mass is 488 g/mol. The van der Waals surface area contributed by atoms with Crippen LogP contribution in [0, 0.1) is 11.6 Å². The van der Waals surface area contributed by atoms with Gasteiger partial charge in [0.05, 0.1) is 16.6 Å². The molecule has 2 heterocycles. The number of nitrogens with zero attached hydrogens (tertiary/aromatic N) is 2. The standard InChI is InChI=1S/C26H23ClF2N2O.ClH/c27-22-3-1-4-23-26(22)21-15-30(14-2-5-25(32)17-6-8-18(28)9-7-17)16-24(21)31(23)20-12-10-19(29)11-13-20;/h1,3-4,6-13,25,32H,2,5,14-16H2;1H. The normalized spacial score (nSPS) is 14.3. The molecule has 0 bridgehead atoms. The molecule has 4 aromatic rings. The second-order valence-corrected chi connectivity index (χ2v) is 8.70. The lowest BCUT2D eigenvalue weighted by molar-refractivity contribution is 0.155. The molecule has 0 aliphatic carbocycles. The van der Waals surface area contributed by atoms with Crippen LogP contribution in [-0.4, -0.2) is 21.1 Å². The summed E-state index contributed by atoms with van der Waals surface area (Å²) in [7, 11) is 0.